The van der Waals surface area contributed by atoms with Crippen molar-refractivity contribution in [3.63, 3.8) is 0 Å². The fourth-order valence-electron chi connectivity index (χ4n) is 0.943. The number of carbonyl (C=O) groups is 1. The maximum Gasteiger partial charge on any atom is 0.270 e. The molecule has 0 aromatic carbocycles. The van der Waals surface area contributed by atoms with Crippen molar-refractivity contribution >= 4 is 33.2 Å². The van der Waals surface area contributed by atoms with Gasteiger partial charge in [-0.2, -0.15) is 0 Å². The molecule has 1 aromatic heterocycles. The summed E-state index contributed by atoms with van der Waals surface area (Å²) in [5.74, 6) is -0.0810. The SMILES string of the molecule is Cc1nc(C(=O)NCCC(C)Br)cs1. The monoisotopic (exact) mass is 276 g/mol. The lowest BCUT2D eigenvalue weighted by molar-refractivity contribution is 0.0949. The van der Waals surface area contributed by atoms with Gasteiger partial charge in [-0.15, -0.1) is 11.3 Å². The predicted octanol–water partition coefficient (Wildman–Crippen LogP) is 2.35. The predicted molar refractivity (Wildman–Crippen MR) is 62.2 cm³/mol. The van der Waals surface area contributed by atoms with E-state index in [-0.39, 0.29) is 5.91 Å². The van der Waals surface area contributed by atoms with Crippen LogP contribution in [0.15, 0.2) is 5.38 Å². The van der Waals surface area contributed by atoms with E-state index in [1.54, 1.807) is 5.38 Å². The van der Waals surface area contributed by atoms with Gasteiger partial charge >= 0.3 is 0 Å². The van der Waals surface area contributed by atoms with E-state index < -0.39 is 0 Å². The number of aromatic nitrogens is 1. The van der Waals surface area contributed by atoms with Crippen molar-refractivity contribution in [2.45, 2.75) is 25.1 Å². The molecule has 1 amide bonds. The Morgan fingerprint density at radius 3 is 3.00 bits per heavy atom. The lowest BCUT2D eigenvalue weighted by Gasteiger charge is -2.04. The van der Waals surface area contributed by atoms with Crippen molar-refractivity contribution in [2.75, 3.05) is 6.54 Å². The molecule has 1 heterocycles. The molecule has 1 aromatic rings. The second-order valence-electron chi connectivity index (χ2n) is 3.08. The van der Waals surface area contributed by atoms with Crippen molar-refractivity contribution in [1.82, 2.24) is 10.3 Å². The minimum atomic E-state index is -0.0810. The Morgan fingerprint density at radius 1 is 1.79 bits per heavy atom. The number of thiazole rings is 1. The van der Waals surface area contributed by atoms with Gasteiger partial charge in [0.2, 0.25) is 0 Å². The number of nitrogens with one attached hydrogen (secondary N) is 1. The molecule has 0 aliphatic rings. The number of amides is 1. The van der Waals surface area contributed by atoms with Crippen molar-refractivity contribution < 1.29 is 4.79 Å². The van der Waals surface area contributed by atoms with Crippen LogP contribution in [0.3, 0.4) is 0 Å². The molecule has 0 saturated heterocycles. The summed E-state index contributed by atoms with van der Waals surface area (Å²) in [7, 11) is 0. The standard InChI is InChI=1S/C9H13BrN2OS/c1-6(10)3-4-11-9(13)8-5-14-7(2)12-8/h5-6H,3-4H2,1-2H3,(H,11,13). The molecule has 0 bridgehead atoms. The molecule has 14 heavy (non-hydrogen) atoms. The highest BCUT2D eigenvalue weighted by Crippen LogP contribution is 2.07. The van der Waals surface area contributed by atoms with Crippen molar-refractivity contribution in [1.29, 1.82) is 0 Å². The Balaban J connectivity index is 2.36. The minimum Gasteiger partial charge on any atom is -0.351 e. The zero-order valence-corrected chi connectivity index (χ0v) is 10.6. The topological polar surface area (TPSA) is 42.0 Å². The van der Waals surface area contributed by atoms with E-state index in [2.05, 4.69) is 33.2 Å². The summed E-state index contributed by atoms with van der Waals surface area (Å²) in [6.07, 6.45) is 0.925. The van der Waals surface area contributed by atoms with Crippen LogP contribution in [0.1, 0.15) is 28.8 Å². The summed E-state index contributed by atoms with van der Waals surface area (Å²) in [5, 5.41) is 5.52. The Hall–Kier alpha value is -0.420. The zero-order valence-electron chi connectivity index (χ0n) is 8.21. The van der Waals surface area contributed by atoms with Gasteiger partial charge in [0, 0.05) is 16.8 Å². The maximum atomic E-state index is 11.5. The van der Waals surface area contributed by atoms with E-state index in [0.29, 0.717) is 17.1 Å². The highest BCUT2D eigenvalue weighted by molar-refractivity contribution is 9.09. The average Bonchev–Trinajstić information content (AvgIpc) is 2.51. The van der Waals surface area contributed by atoms with Gasteiger partial charge in [-0.3, -0.25) is 4.79 Å². The number of carbonyl (C=O) groups excluding carboxylic acids is 1. The second-order valence-corrected chi connectivity index (χ2v) is 5.70. The van der Waals surface area contributed by atoms with E-state index in [1.807, 2.05) is 6.92 Å². The van der Waals surface area contributed by atoms with Crippen LogP contribution < -0.4 is 5.32 Å². The van der Waals surface area contributed by atoms with Crippen LogP contribution in [0.5, 0.6) is 0 Å². The quantitative estimate of drug-likeness (QED) is 0.858. The Morgan fingerprint density at radius 2 is 2.50 bits per heavy atom. The van der Waals surface area contributed by atoms with Crippen molar-refractivity contribution in [3.8, 4) is 0 Å². The van der Waals surface area contributed by atoms with Gasteiger partial charge in [0.15, 0.2) is 0 Å². The van der Waals surface area contributed by atoms with Crippen LogP contribution in [-0.2, 0) is 0 Å². The fraction of sp³-hybridized carbons (Fsp3) is 0.556. The molecule has 78 valence electrons. The summed E-state index contributed by atoms with van der Waals surface area (Å²) in [6.45, 7) is 4.63. The van der Waals surface area contributed by atoms with Crippen LogP contribution in [0, 0.1) is 6.92 Å². The normalized spacial score (nSPS) is 12.5. The third-order valence-corrected chi connectivity index (χ3v) is 2.91. The molecule has 0 saturated carbocycles. The van der Waals surface area contributed by atoms with Crippen LogP contribution >= 0.6 is 27.3 Å². The Bertz CT molecular complexity index is 312. The van der Waals surface area contributed by atoms with Crippen LogP contribution in [0.25, 0.3) is 0 Å². The highest BCUT2D eigenvalue weighted by Gasteiger charge is 2.08. The number of nitrogens with zero attached hydrogens (tertiary/aromatic N) is 1. The van der Waals surface area contributed by atoms with E-state index in [4.69, 9.17) is 0 Å². The van der Waals surface area contributed by atoms with E-state index >= 15 is 0 Å². The lowest BCUT2D eigenvalue weighted by atomic mass is 10.3. The molecule has 0 aliphatic carbocycles. The van der Waals surface area contributed by atoms with Crippen molar-refractivity contribution in [3.05, 3.63) is 16.1 Å². The van der Waals surface area contributed by atoms with Gasteiger partial charge in [-0.1, -0.05) is 22.9 Å². The summed E-state index contributed by atoms with van der Waals surface area (Å²) < 4.78 is 0. The van der Waals surface area contributed by atoms with E-state index in [0.717, 1.165) is 11.4 Å². The number of hydrogen-bond donors (Lipinski definition) is 1. The molecule has 1 N–H and O–H groups in total. The smallest absolute Gasteiger partial charge is 0.270 e. The molecule has 1 rings (SSSR count). The molecule has 0 aliphatic heterocycles. The number of halogens is 1. The van der Waals surface area contributed by atoms with E-state index in [1.165, 1.54) is 11.3 Å². The van der Waals surface area contributed by atoms with Gasteiger partial charge < -0.3 is 5.32 Å². The zero-order chi connectivity index (χ0) is 10.6. The third-order valence-electron chi connectivity index (χ3n) is 1.68. The van der Waals surface area contributed by atoms with Gasteiger partial charge in [0.05, 0.1) is 5.01 Å². The lowest BCUT2D eigenvalue weighted by Crippen LogP contribution is -2.25. The Labute approximate surface area is 96.1 Å². The third kappa shape index (κ3) is 3.75. The fourth-order valence-corrected chi connectivity index (χ4v) is 1.76. The summed E-state index contributed by atoms with van der Waals surface area (Å²) in [6, 6.07) is 0. The summed E-state index contributed by atoms with van der Waals surface area (Å²) in [4.78, 5) is 16.0. The van der Waals surface area contributed by atoms with Gasteiger partial charge in [0.25, 0.3) is 5.91 Å². The molecular formula is C9H13BrN2OS. The molecular weight excluding hydrogens is 264 g/mol. The summed E-state index contributed by atoms with van der Waals surface area (Å²) in [5.41, 5.74) is 0.523. The first-order chi connectivity index (χ1) is 6.59. The number of aryl methyl sites for hydroxylation is 1. The molecule has 0 radical (unpaired) electrons. The second kappa shape index (κ2) is 5.46. The average molecular weight is 277 g/mol. The van der Waals surface area contributed by atoms with Gasteiger partial charge in [-0.05, 0) is 13.3 Å². The number of alkyl halides is 1. The highest BCUT2D eigenvalue weighted by atomic mass is 79.9. The molecule has 5 heteroatoms. The van der Waals surface area contributed by atoms with E-state index in [9.17, 15) is 4.79 Å². The molecule has 1 atom stereocenters. The molecule has 3 nitrogen and oxygen atoms in total. The Kier molecular flexibility index (Phi) is 4.54. The van der Waals surface area contributed by atoms with Gasteiger partial charge in [-0.25, -0.2) is 4.98 Å². The largest absolute Gasteiger partial charge is 0.351 e. The molecule has 0 fully saturated rings. The minimum absolute atomic E-state index is 0.0810. The molecule has 0 spiro atoms. The summed E-state index contributed by atoms with van der Waals surface area (Å²) >= 11 is 4.91. The number of hydrogen-bond acceptors (Lipinski definition) is 3. The van der Waals surface area contributed by atoms with Gasteiger partial charge in [0.1, 0.15) is 5.69 Å². The first-order valence-corrected chi connectivity index (χ1v) is 6.23. The first kappa shape index (κ1) is 11.7. The maximum absolute atomic E-state index is 11.5. The van der Waals surface area contributed by atoms with Crippen LogP contribution in [0.2, 0.25) is 0 Å². The van der Waals surface area contributed by atoms with Crippen LogP contribution in [0.4, 0.5) is 0 Å². The number of rotatable bonds is 4. The van der Waals surface area contributed by atoms with Crippen LogP contribution in [-0.4, -0.2) is 22.3 Å². The van der Waals surface area contributed by atoms with Crippen molar-refractivity contribution in [2.24, 2.45) is 0 Å². The molecule has 1 unspecified atom stereocenters. The first-order valence-electron chi connectivity index (χ1n) is 4.44.